The van der Waals surface area contributed by atoms with Crippen molar-refractivity contribution in [3.05, 3.63) is 35.6 Å². The fourth-order valence-electron chi connectivity index (χ4n) is 1.76. The Morgan fingerprint density at radius 3 is 2.83 bits per heavy atom. The molecule has 2 N–H and O–H groups in total. The number of nitrogens with one attached hydrogen (secondary N) is 1. The van der Waals surface area contributed by atoms with Gasteiger partial charge in [-0.3, -0.25) is 0 Å². The van der Waals surface area contributed by atoms with Gasteiger partial charge >= 0.3 is 0 Å². The number of benzene rings is 1. The highest BCUT2D eigenvalue weighted by molar-refractivity contribution is 5.18. The summed E-state index contributed by atoms with van der Waals surface area (Å²) in [5.41, 5.74) is 0.690. The molecule has 2 unspecified atom stereocenters. The number of halogens is 1. The number of terminal acetylenes is 1. The highest BCUT2D eigenvalue weighted by atomic mass is 19.1. The van der Waals surface area contributed by atoms with E-state index in [1.165, 1.54) is 6.07 Å². The van der Waals surface area contributed by atoms with Gasteiger partial charge in [0.15, 0.2) is 0 Å². The average molecular weight is 249 g/mol. The van der Waals surface area contributed by atoms with Crippen LogP contribution in [0.15, 0.2) is 24.3 Å². The van der Waals surface area contributed by atoms with Crippen LogP contribution < -0.4 is 5.32 Å². The number of hydrogen-bond acceptors (Lipinski definition) is 2. The summed E-state index contributed by atoms with van der Waals surface area (Å²) in [7, 11) is 0. The van der Waals surface area contributed by atoms with Gasteiger partial charge in [0.2, 0.25) is 0 Å². The summed E-state index contributed by atoms with van der Waals surface area (Å²) in [5.74, 6) is 2.31. The first-order valence-electron chi connectivity index (χ1n) is 6.21. The summed E-state index contributed by atoms with van der Waals surface area (Å²) in [6.07, 6.45) is 6.46. The fraction of sp³-hybridized carbons (Fsp3) is 0.467. The maximum atomic E-state index is 13.4. The molecule has 0 radical (unpaired) electrons. The van der Waals surface area contributed by atoms with Crippen LogP contribution in [0.25, 0.3) is 0 Å². The Morgan fingerprint density at radius 2 is 2.17 bits per heavy atom. The van der Waals surface area contributed by atoms with Crippen LogP contribution in [0, 0.1) is 18.2 Å². The molecule has 98 valence electrons. The molecule has 0 amide bonds. The average Bonchev–Trinajstić information content (AvgIpc) is 2.36. The van der Waals surface area contributed by atoms with Gasteiger partial charge in [-0.25, -0.2) is 4.39 Å². The van der Waals surface area contributed by atoms with Crippen LogP contribution in [0.4, 0.5) is 4.39 Å². The predicted molar refractivity (Wildman–Crippen MR) is 71.6 cm³/mol. The Balaban J connectivity index is 2.32. The monoisotopic (exact) mass is 249 g/mol. The van der Waals surface area contributed by atoms with E-state index in [0.29, 0.717) is 31.4 Å². The maximum Gasteiger partial charge on any atom is 0.126 e. The molecule has 0 aliphatic heterocycles. The third-order valence-electron chi connectivity index (χ3n) is 2.81. The van der Waals surface area contributed by atoms with Crippen molar-refractivity contribution in [1.29, 1.82) is 0 Å². The van der Waals surface area contributed by atoms with Crippen LogP contribution in [0.1, 0.15) is 25.3 Å². The van der Waals surface area contributed by atoms with Gasteiger partial charge in [0.1, 0.15) is 5.82 Å². The molecule has 0 saturated heterocycles. The summed E-state index contributed by atoms with van der Waals surface area (Å²) in [6, 6.07) is 6.86. The largest absolute Gasteiger partial charge is 0.392 e. The van der Waals surface area contributed by atoms with E-state index in [4.69, 9.17) is 6.42 Å². The molecule has 0 bridgehead atoms. The van der Waals surface area contributed by atoms with Crippen molar-refractivity contribution in [3.63, 3.8) is 0 Å². The fourth-order valence-corrected chi connectivity index (χ4v) is 1.76. The van der Waals surface area contributed by atoms with Gasteiger partial charge in [-0.1, -0.05) is 18.2 Å². The third-order valence-corrected chi connectivity index (χ3v) is 2.81. The Bertz CT molecular complexity index is 400. The van der Waals surface area contributed by atoms with Crippen molar-refractivity contribution in [2.24, 2.45) is 0 Å². The lowest BCUT2D eigenvalue weighted by Crippen LogP contribution is -2.35. The minimum absolute atomic E-state index is 0.113. The second-order valence-electron chi connectivity index (χ2n) is 4.50. The van der Waals surface area contributed by atoms with Crippen LogP contribution in [0.2, 0.25) is 0 Å². The van der Waals surface area contributed by atoms with Crippen LogP contribution in [-0.2, 0) is 6.42 Å². The molecule has 1 aromatic carbocycles. The first kappa shape index (κ1) is 14.7. The smallest absolute Gasteiger partial charge is 0.126 e. The Labute approximate surface area is 108 Å². The van der Waals surface area contributed by atoms with Gasteiger partial charge < -0.3 is 10.4 Å². The Morgan fingerprint density at radius 1 is 1.44 bits per heavy atom. The first-order valence-corrected chi connectivity index (χ1v) is 6.21. The lowest BCUT2D eigenvalue weighted by Gasteiger charge is -2.17. The number of rotatable bonds is 7. The molecule has 2 atom stereocenters. The van der Waals surface area contributed by atoms with E-state index in [2.05, 4.69) is 11.2 Å². The second-order valence-corrected chi connectivity index (χ2v) is 4.50. The van der Waals surface area contributed by atoms with Crippen molar-refractivity contribution >= 4 is 0 Å². The van der Waals surface area contributed by atoms with Gasteiger partial charge in [0.25, 0.3) is 0 Å². The molecule has 0 aliphatic rings. The van der Waals surface area contributed by atoms with E-state index in [0.717, 1.165) is 0 Å². The molecule has 18 heavy (non-hydrogen) atoms. The molecule has 2 nitrogen and oxygen atoms in total. The molecule has 1 rings (SSSR count). The van der Waals surface area contributed by atoms with E-state index in [-0.39, 0.29) is 11.9 Å². The number of aliphatic hydroxyl groups is 1. The summed E-state index contributed by atoms with van der Waals surface area (Å²) >= 11 is 0. The van der Waals surface area contributed by atoms with Crippen LogP contribution in [-0.4, -0.2) is 23.8 Å². The van der Waals surface area contributed by atoms with Crippen molar-refractivity contribution in [2.45, 2.75) is 38.3 Å². The zero-order chi connectivity index (χ0) is 13.4. The molecule has 1 aromatic rings. The standard InChI is InChI=1S/C15H20FNO/c1-3-4-8-14(18)11-17-12(2)10-13-7-5-6-9-15(13)16/h1,5-7,9,12,14,17-18H,4,8,10-11H2,2H3. The molecule has 0 heterocycles. The van der Waals surface area contributed by atoms with Crippen molar-refractivity contribution in [1.82, 2.24) is 5.32 Å². The minimum atomic E-state index is -0.441. The number of hydrogen-bond donors (Lipinski definition) is 2. The van der Waals surface area contributed by atoms with Crippen molar-refractivity contribution in [2.75, 3.05) is 6.54 Å². The SMILES string of the molecule is C#CCCC(O)CNC(C)Cc1ccccc1F. The zero-order valence-electron chi connectivity index (χ0n) is 10.7. The molecule has 0 aliphatic carbocycles. The molecule has 3 heteroatoms. The van der Waals surface area contributed by atoms with E-state index in [1.807, 2.05) is 13.0 Å². The number of aliphatic hydroxyl groups excluding tert-OH is 1. The summed E-state index contributed by atoms with van der Waals surface area (Å²) in [4.78, 5) is 0. The normalized spacial score (nSPS) is 13.9. The highest BCUT2D eigenvalue weighted by Crippen LogP contribution is 2.09. The van der Waals surface area contributed by atoms with Gasteiger partial charge in [-0.05, 0) is 31.4 Å². The first-order chi connectivity index (χ1) is 8.63. The Kier molecular flexibility index (Phi) is 6.42. The van der Waals surface area contributed by atoms with Crippen molar-refractivity contribution < 1.29 is 9.50 Å². The maximum absolute atomic E-state index is 13.4. The summed E-state index contributed by atoms with van der Waals surface area (Å²) < 4.78 is 13.4. The topological polar surface area (TPSA) is 32.3 Å². The zero-order valence-corrected chi connectivity index (χ0v) is 10.7. The summed E-state index contributed by atoms with van der Waals surface area (Å²) in [6.45, 7) is 2.46. The van der Waals surface area contributed by atoms with Gasteiger partial charge in [0.05, 0.1) is 6.10 Å². The molecule has 0 spiro atoms. The van der Waals surface area contributed by atoms with Gasteiger partial charge in [0, 0.05) is 19.0 Å². The van der Waals surface area contributed by atoms with Gasteiger partial charge in [-0.2, -0.15) is 0 Å². The minimum Gasteiger partial charge on any atom is -0.392 e. The molecular weight excluding hydrogens is 229 g/mol. The lowest BCUT2D eigenvalue weighted by molar-refractivity contribution is 0.159. The van der Waals surface area contributed by atoms with Crippen molar-refractivity contribution in [3.8, 4) is 12.3 Å². The third kappa shape index (κ3) is 5.31. The quantitative estimate of drug-likeness (QED) is 0.725. The molecule has 0 aromatic heterocycles. The Hall–Kier alpha value is -1.37. The summed E-state index contributed by atoms with van der Waals surface area (Å²) in [5, 5.41) is 12.8. The highest BCUT2D eigenvalue weighted by Gasteiger charge is 2.09. The molecule has 0 fully saturated rings. The van der Waals surface area contributed by atoms with Crippen LogP contribution in [0.3, 0.4) is 0 Å². The van der Waals surface area contributed by atoms with E-state index >= 15 is 0 Å². The van der Waals surface area contributed by atoms with E-state index in [1.54, 1.807) is 12.1 Å². The van der Waals surface area contributed by atoms with Crippen LogP contribution in [0.5, 0.6) is 0 Å². The van der Waals surface area contributed by atoms with Gasteiger partial charge in [-0.15, -0.1) is 12.3 Å². The van der Waals surface area contributed by atoms with E-state index in [9.17, 15) is 9.50 Å². The molecule has 0 saturated carbocycles. The second kappa shape index (κ2) is 7.86. The van der Waals surface area contributed by atoms with E-state index < -0.39 is 6.10 Å². The predicted octanol–water partition coefficient (Wildman–Crippen LogP) is 2.12. The van der Waals surface area contributed by atoms with Crippen LogP contribution >= 0.6 is 0 Å². The molecular formula is C15H20FNO. The lowest BCUT2D eigenvalue weighted by atomic mass is 10.1.